The lowest BCUT2D eigenvalue weighted by molar-refractivity contribution is -0.114. The summed E-state index contributed by atoms with van der Waals surface area (Å²) in [6.07, 6.45) is 3.61. The van der Waals surface area contributed by atoms with Crippen LogP contribution >= 0.6 is 11.3 Å². The van der Waals surface area contributed by atoms with Gasteiger partial charge in [0.15, 0.2) is 0 Å². The van der Waals surface area contributed by atoms with E-state index in [2.05, 4.69) is 53.5 Å². The lowest BCUT2D eigenvalue weighted by atomic mass is 9.88. The minimum absolute atomic E-state index is 0.000946. The molecule has 1 aromatic carbocycles. The highest BCUT2D eigenvalue weighted by molar-refractivity contribution is 7.18. The van der Waals surface area contributed by atoms with Crippen molar-refractivity contribution in [3.05, 3.63) is 60.9 Å². The van der Waals surface area contributed by atoms with Crippen LogP contribution in [0.15, 0.2) is 60.9 Å². The highest BCUT2D eigenvalue weighted by Gasteiger charge is 2.29. The lowest BCUT2D eigenvalue weighted by Gasteiger charge is -2.38. The number of aromatic nitrogens is 2. The number of carbonyl (C=O) groups is 1. The number of nitrogens with zero attached hydrogens (tertiary/aromatic N) is 2. The van der Waals surface area contributed by atoms with Crippen LogP contribution in [0, 0.1) is 0 Å². The van der Waals surface area contributed by atoms with Crippen LogP contribution in [-0.2, 0) is 4.79 Å². The molecule has 31 heavy (non-hydrogen) atoms. The molecule has 1 aliphatic rings. The summed E-state index contributed by atoms with van der Waals surface area (Å²) in [6.45, 7) is 9.97. The molecule has 1 amide bonds. The average Bonchev–Trinajstić information content (AvgIpc) is 3.16. The maximum Gasteiger partial charge on any atom is 0.223 e. The smallest absolute Gasteiger partial charge is 0.223 e. The van der Waals surface area contributed by atoms with Crippen molar-refractivity contribution in [2.45, 2.75) is 45.2 Å². The Labute approximate surface area is 186 Å². The van der Waals surface area contributed by atoms with Gasteiger partial charge in [-0.15, -0.1) is 11.3 Å². The van der Waals surface area contributed by atoms with Gasteiger partial charge < -0.3 is 16.0 Å². The number of benzene rings is 1. The topological polar surface area (TPSA) is 78.9 Å². The van der Waals surface area contributed by atoms with Crippen molar-refractivity contribution in [2.75, 3.05) is 10.6 Å². The summed E-state index contributed by atoms with van der Waals surface area (Å²) < 4.78 is 0. The Morgan fingerprint density at radius 1 is 1.23 bits per heavy atom. The summed E-state index contributed by atoms with van der Waals surface area (Å²) in [5.74, 6) is 0.557. The Hall–Kier alpha value is -3.19. The van der Waals surface area contributed by atoms with E-state index in [1.54, 1.807) is 17.5 Å². The Morgan fingerprint density at radius 2 is 2.03 bits per heavy atom. The van der Waals surface area contributed by atoms with Crippen LogP contribution in [0.4, 0.5) is 11.6 Å². The first-order valence-electron chi connectivity index (χ1n) is 10.3. The summed E-state index contributed by atoms with van der Waals surface area (Å²) >= 11 is 1.67. The molecule has 0 spiro atoms. The number of hydrogen-bond acceptors (Lipinski definition) is 6. The second-order valence-electron chi connectivity index (χ2n) is 8.55. The molecule has 0 aliphatic carbocycles. The van der Waals surface area contributed by atoms with Crippen molar-refractivity contribution >= 4 is 28.9 Å². The fourth-order valence-corrected chi connectivity index (χ4v) is 4.97. The molecular formula is C24H27N5OS. The SMILES string of the molecule is C=C1CC(Nc2nccc(-c3ccc(-c4cccc(NC(C)=O)c4)s3)n2)CC(C)(C)N1. The number of anilines is 2. The second-order valence-corrected chi connectivity index (χ2v) is 9.64. The van der Waals surface area contributed by atoms with E-state index < -0.39 is 0 Å². The number of thiophene rings is 1. The van der Waals surface area contributed by atoms with Gasteiger partial charge in [0.1, 0.15) is 0 Å². The highest BCUT2D eigenvalue weighted by atomic mass is 32.1. The Balaban J connectivity index is 1.52. The standard InChI is InChI=1S/C24H27N5OS/c1-15-12-19(14-24(3,4)29-15)27-23-25-11-10-20(28-23)22-9-8-21(31-22)17-6-5-7-18(13-17)26-16(2)30/h5-11,13,19,29H,1,12,14H2,2-4H3,(H,26,30)(H,25,27,28). The fraction of sp³-hybridized carbons (Fsp3) is 0.292. The summed E-state index contributed by atoms with van der Waals surface area (Å²) in [5, 5.41) is 9.76. The van der Waals surface area contributed by atoms with Gasteiger partial charge in [-0.2, -0.15) is 0 Å². The zero-order valence-corrected chi connectivity index (χ0v) is 18.8. The molecule has 0 saturated carbocycles. The molecule has 0 bridgehead atoms. The van der Waals surface area contributed by atoms with Crippen LogP contribution in [0.3, 0.4) is 0 Å². The first-order valence-corrected chi connectivity index (χ1v) is 11.1. The summed E-state index contributed by atoms with van der Waals surface area (Å²) in [5.41, 5.74) is 3.78. The first kappa shape index (κ1) is 21.1. The van der Waals surface area contributed by atoms with Crippen molar-refractivity contribution in [1.29, 1.82) is 0 Å². The van der Waals surface area contributed by atoms with E-state index in [-0.39, 0.29) is 17.5 Å². The Bertz CT molecular complexity index is 1120. The van der Waals surface area contributed by atoms with Gasteiger partial charge in [0.25, 0.3) is 0 Å². The molecule has 3 N–H and O–H groups in total. The molecule has 160 valence electrons. The fourth-order valence-electron chi connectivity index (χ4n) is 4.00. The Kier molecular flexibility index (Phi) is 5.78. The van der Waals surface area contributed by atoms with Crippen LogP contribution in [0.5, 0.6) is 0 Å². The van der Waals surface area contributed by atoms with Crippen LogP contribution < -0.4 is 16.0 Å². The third kappa shape index (κ3) is 5.30. The van der Waals surface area contributed by atoms with E-state index in [1.807, 2.05) is 30.3 Å². The second kappa shape index (κ2) is 8.51. The predicted octanol–water partition coefficient (Wildman–Crippen LogP) is 5.29. The van der Waals surface area contributed by atoms with E-state index in [0.717, 1.165) is 45.2 Å². The van der Waals surface area contributed by atoms with E-state index >= 15 is 0 Å². The molecule has 1 atom stereocenters. The molecule has 1 aliphatic heterocycles. The Morgan fingerprint density at radius 3 is 2.81 bits per heavy atom. The summed E-state index contributed by atoms with van der Waals surface area (Å²) in [4.78, 5) is 22.7. The van der Waals surface area contributed by atoms with Crippen molar-refractivity contribution in [2.24, 2.45) is 0 Å². The molecule has 2 aromatic heterocycles. The van der Waals surface area contributed by atoms with E-state index in [9.17, 15) is 4.79 Å². The van der Waals surface area contributed by atoms with E-state index in [0.29, 0.717) is 5.95 Å². The number of piperidine rings is 1. The summed E-state index contributed by atoms with van der Waals surface area (Å²) in [7, 11) is 0. The number of nitrogens with one attached hydrogen (secondary N) is 3. The lowest BCUT2D eigenvalue weighted by Crippen LogP contribution is -2.48. The van der Waals surface area contributed by atoms with Crippen LogP contribution in [0.2, 0.25) is 0 Å². The largest absolute Gasteiger partial charge is 0.384 e. The van der Waals surface area contributed by atoms with Gasteiger partial charge >= 0.3 is 0 Å². The molecule has 3 aromatic rings. The van der Waals surface area contributed by atoms with Gasteiger partial charge in [-0.1, -0.05) is 18.7 Å². The zero-order valence-electron chi connectivity index (χ0n) is 18.0. The van der Waals surface area contributed by atoms with Crippen molar-refractivity contribution in [1.82, 2.24) is 15.3 Å². The maximum absolute atomic E-state index is 11.3. The molecule has 1 unspecified atom stereocenters. The third-order valence-corrected chi connectivity index (χ3v) is 6.24. The van der Waals surface area contributed by atoms with Crippen LogP contribution in [0.25, 0.3) is 21.0 Å². The maximum atomic E-state index is 11.3. The van der Waals surface area contributed by atoms with Gasteiger partial charge in [0.05, 0.1) is 10.6 Å². The molecule has 1 fully saturated rings. The van der Waals surface area contributed by atoms with E-state index in [4.69, 9.17) is 4.98 Å². The van der Waals surface area contributed by atoms with Gasteiger partial charge in [-0.25, -0.2) is 9.97 Å². The number of hydrogen-bond donors (Lipinski definition) is 3. The van der Waals surface area contributed by atoms with Gasteiger partial charge in [0, 0.05) is 47.4 Å². The molecule has 0 radical (unpaired) electrons. The molecule has 1 saturated heterocycles. The van der Waals surface area contributed by atoms with Crippen molar-refractivity contribution < 1.29 is 4.79 Å². The quantitative estimate of drug-likeness (QED) is 0.510. The minimum Gasteiger partial charge on any atom is -0.384 e. The van der Waals surface area contributed by atoms with Crippen molar-refractivity contribution in [3.63, 3.8) is 0 Å². The number of carbonyl (C=O) groups excluding carboxylic acids is 1. The summed E-state index contributed by atoms with van der Waals surface area (Å²) in [6, 6.07) is 14.2. The minimum atomic E-state index is -0.0780. The normalized spacial score (nSPS) is 17.6. The predicted molar refractivity (Wildman–Crippen MR) is 128 cm³/mol. The molecule has 3 heterocycles. The van der Waals surface area contributed by atoms with Gasteiger partial charge in [0.2, 0.25) is 11.9 Å². The van der Waals surface area contributed by atoms with Crippen LogP contribution in [0.1, 0.15) is 33.6 Å². The number of amides is 1. The van der Waals surface area contributed by atoms with Gasteiger partial charge in [-0.05, 0) is 56.2 Å². The molecule has 6 nitrogen and oxygen atoms in total. The monoisotopic (exact) mass is 433 g/mol. The highest BCUT2D eigenvalue weighted by Crippen LogP contribution is 2.35. The van der Waals surface area contributed by atoms with Crippen LogP contribution in [-0.4, -0.2) is 27.5 Å². The third-order valence-electron chi connectivity index (χ3n) is 5.08. The average molecular weight is 434 g/mol. The van der Waals surface area contributed by atoms with E-state index in [1.165, 1.54) is 6.92 Å². The van der Waals surface area contributed by atoms with Crippen molar-refractivity contribution in [3.8, 4) is 21.0 Å². The first-order chi connectivity index (χ1) is 14.8. The molecule has 4 rings (SSSR count). The molecular weight excluding hydrogens is 406 g/mol. The molecule has 7 heteroatoms. The number of rotatable bonds is 5. The van der Waals surface area contributed by atoms with Gasteiger partial charge in [-0.3, -0.25) is 4.79 Å². The zero-order chi connectivity index (χ0) is 22.0.